The summed E-state index contributed by atoms with van der Waals surface area (Å²) in [6.45, 7) is 0. The van der Waals surface area contributed by atoms with E-state index in [1.807, 2.05) is 22.7 Å². The monoisotopic (exact) mass is 785 g/mol. The second-order valence-corrected chi connectivity index (χ2v) is 17.4. The van der Waals surface area contributed by atoms with Gasteiger partial charge in [-0.25, -0.2) is 0 Å². The van der Waals surface area contributed by atoms with Crippen LogP contribution in [0.25, 0.3) is 95.3 Å². The number of rotatable bonds is 6. The first kappa shape index (κ1) is 34.0. The Morgan fingerprint density at radius 2 is 0.915 bits per heavy atom. The van der Waals surface area contributed by atoms with Gasteiger partial charge in [0.25, 0.3) is 0 Å². The van der Waals surface area contributed by atoms with Crippen molar-refractivity contribution in [1.82, 2.24) is 0 Å². The zero-order valence-electron chi connectivity index (χ0n) is 32.0. The second-order valence-electron chi connectivity index (χ2n) is 15.3. The van der Waals surface area contributed by atoms with Crippen LogP contribution in [0.5, 0.6) is 0 Å². The molecule has 0 amide bonds. The molecule has 10 aromatic carbocycles. The Bertz CT molecular complexity index is 3540. The molecule has 12 aromatic rings. The van der Waals surface area contributed by atoms with Crippen molar-refractivity contribution >= 4 is 102 Å². The molecule has 59 heavy (non-hydrogen) atoms. The summed E-state index contributed by atoms with van der Waals surface area (Å²) in [5, 5.41) is 10.2. The third-order valence-corrected chi connectivity index (χ3v) is 14.2. The highest BCUT2D eigenvalue weighted by atomic mass is 32.1. The van der Waals surface area contributed by atoms with Gasteiger partial charge in [-0.15, -0.1) is 22.7 Å². The first-order valence-electron chi connectivity index (χ1n) is 20.1. The summed E-state index contributed by atoms with van der Waals surface area (Å²) in [5.41, 5.74) is 10.8. The largest absolute Gasteiger partial charge is 0.310 e. The number of thiophene rings is 2. The van der Waals surface area contributed by atoms with Gasteiger partial charge in [0, 0.05) is 51.7 Å². The molecule has 1 nitrogen and oxygen atoms in total. The van der Waals surface area contributed by atoms with Gasteiger partial charge in [-0.05, 0) is 110 Å². The van der Waals surface area contributed by atoms with E-state index in [0.29, 0.717) is 0 Å². The Labute approximate surface area is 350 Å². The van der Waals surface area contributed by atoms with Gasteiger partial charge in [0.15, 0.2) is 0 Å². The van der Waals surface area contributed by atoms with Crippen molar-refractivity contribution < 1.29 is 0 Å². The molecule has 2 heterocycles. The smallest absolute Gasteiger partial charge is 0.0555 e. The van der Waals surface area contributed by atoms with Crippen LogP contribution in [0.2, 0.25) is 0 Å². The minimum Gasteiger partial charge on any atom is -0.310 e. The molecule has 0 atom stereocenters. The third kappa shape index (κ3) is 5.73. The van der Waals surface area contributed by atoms with Crippen molar-refractivity contribution in [3.05, 3.63) is 212 Å². The van der Waals surface area contributed by atoms with E-state index in [1.54, 1.807) is 0 Å². The van der Waals surface area contributed by atoms with Crippen molar-refractivity contribution in [2.75, 3.05) is 4.90 Å². The molecule has 0 aliphatic heterocycles. The Hall–Kier alpha value is -7.04. The predicted octanol–water partition coefficient (Wildman–Crippen LogP) is 17.2. The van der Waals surface area contributed by atoms with E-state index in [0.717, 1.165) is 11.4 Å². The molecular formula is C56H35NS2. The molecule has 0 unspecified atom stereocenters. The Balaban J connectivity index is 1.04. The van der Waals surface area contributed by atoms with Crippen LogP contribution in [-0.4, -0.2) is 0 Å². The normalized spacial score (nSPS) is 11.7. The van der Waals surface area contributed by atoms with Gasteiger partial charge in [-0.2, -0.15) is 0 Å². The molecular weight excluding hydrogens is 751 g/mol. The van der Waals surface area contributed by atoms with Crippen LogP contribution in [0.1, 0.15) is 0 Å². The van der Waals surface area contributed by atoms with Gasteiger partial charge in [0.05, 0.1) is 5.69 Å². The third-order valence-electron chi connectivity index (χ3n) is 11.9. The van der Waals surface area contributed by atoms with Crippen molar-refractivity contribution in [3.63, 3.8) is 0 Å². The van der Waals surface area contributed by atoms with Crippen molar-refractivity contribution in [2.45, 2.75) is 0 Å². The number of benzene rings is 10. The lowest BCUT2D eigenvalue weighted by atomic mass is 9.97. The summed E-state index contributed by atoms with van der Waals surface area (Å²) >= 11 is 3.76. The summed E-state index contributed by atoms with van der Waals surface area (Å²) < 4.78 is 5.19. The zero-order valence-corrected chi connectivity index (χ0v) is 33.6. The molecule has 0 radical (unpaired) electrons. The van der Waals surface area contributed by atoms with E-state index in [9.17, 15) is 0 Å². The molecule has 0 N–H and O–H groups in total. The highest BCUT2D eigenvalue weighted by Gasteiger charge is 2.22. The predicted molar refractivity (Wildman–Crippen MR) is 258 cm³/mol. The minimum absolute atomic E-state index is 1.12. The minimum atomic E-state index is 1.12. The first-order valence-corrected chi connectivity index (χ1v) is 21.7. The highest BCUT2D eigenvalue weighted by molar-refractivity contribution is 7.26. The van der Waals surface area contributed by atoms with Crippen molar-refractivity contribution in [3.8, 4) is 33.4 Å². The fraction of sp³-hybridized carbons (Fsp3) is 0. The van der Waals surface area contributed by atoms with E-state index in [1.165, 1.54) is 101 Å². The number of nitrogens with zero attached hydrogens (tertiary/aromatic N) is 1. The van der Waals surface area contributed by atoms with Crippen molar-refractivity contribution in [2.24, 2.45) is 0 Å². The molecule has 276 valence electrons. The van der Waals surface area contributed by atoms with Gasteiger partial charge >= 0.3 is 0 Å². The van der Waals surface area contributed by atoms with Crippen LogP contribution in [0, 0.1) is 0 Å². The van der Waals surface area contributed by atoms with Crippen LogP contribution < -0.4 is 4.90 Å². The standard InChI is InChI=1S/C56H35NS2/c1-3-11-36(12-4-1)41-24-29-48-50-35-44(27-32-53(50)58-54(48)34-41)57(51-31-30-47(38-13-5-2-6-14-38)56-55(51)49-17-9-10-18-52(49)59-56)43-25-21-37(22-26-43)40-23-28-46-42(33-40)20-19-39-15-7-8-16-45(39)46/h1-35H. The molecule has 2 aromatic heterocycles. The molecule has 0 spiro atoms. The van der Waals surface area contributed by atoms with Crippen molar-refractivity contribution in [1.29, 1.82) is 0 Å². The fourth-order valence-corrected chi connectivity index (χ4v) is 11.4. The van der Waals surface area contributed by atoms with Gasteiger partial charge in [-0.3, -0.25) is 0 Å². The van der Waals surface area contributed by atoms with Crippen LogP contribution in [0.3, 0.4) is 0 Å². The fourth-order valence-electron chi connectivity index (χ4n) is 8.98. The van der Waals surface area contributed by atoms with Gasteiger partial charge in [0.1, 0.15) is 0 Å². The zero-order chi connectivity index (χ0) is 38.9. The molecule has 3 heteroatoms. The average Bonchev–Trinajstić information content (AvgIpc) is 3.88. The summed E-state index contributed by atoms with van der Waals surface area (Å²) in [6.07, 6.45) is 0. The second kappa shape index (κ2) is 13.8. The topological polar surface area (TPSA) is 3.24 Å². The van der Waals surface area contributed by atoms with Crippen LogP contribution >= 0.6 is 22.7 Å². The van der Waals surface area contributed by atoms with Gasteiger partial charge in [-0.1, -0.05) is 158 Å². The summed E-state index contributed by atoms with van der Waals surface area (Å²) in [6, 6.07) is 78.2. The maximum atomic E-state index is 2.48. The summed E-state index contributed by atoms with van der Waals surface area (Å²) in [7, 11) is 0. The molecule has 0 fully saturated rings. The Kier molecular flexibility index (Phi) is 7.97. The molecule has 0 saturated carbocycles. The van der Waals surface area contributed by atoms with E-state index >= 15 is 0 Å². The molecule has 0 aliphatic rings. The average molecular weight is 786 g/mol. The number of hydrogen-bond acceptors (Lipinski definition) is 3. The number of fused-ring (bicyclic) bond motifs is 9. The quantitative estimate of drug-likeness (QED) is 0.152. The van der Waals surface area contributed by atoms with E-state index in [2.05, 4.69) is 217 Å². The molecule has 0 bridgehead atoms. The van der Waals surface area contributed by atoms with Gasteiger partial charge in [0.2, 0.25) is 0 Å². The Morgan fingerprint density at radius 1 is 0.305 bits per heavy atom. The van der Waals surface area contributed by atoms with Crippen LogP contribution in [0.4, 0.5) is 17.1 Å². The summed E-state index contributed by atoms with van der Waals surface area (Å²) in [5.74, 6) is 0. The number of hydrogen-bond donors (Lipinski definition) is 0. The maximum Gasteiger partial charge on any atom is 0.0555 e. The highest BCUT2D eigenvalue weighted by Crippen LogP contribution is 2.49. The van der Waals surface area contributed by atoms with Gasteiger partial charge < -0.3 is 4.90 Å². The molecule has 12 rings (SSSR count). The molecule has 0 saturated heterocycles. The number of anilines is 3. The summed E-state index contributed by atoms with van der Waals surface area (Å²) in [4.78, 5) is 2.48. The van der Waals surface area contributed by atoms with Crippen LogP contribution in [-0.2, 0) is 0 Å². The van der Waals surface area contributed by atoms with Crippen LogP contribution in [0.15, 0.2) is 212 Å². The lowest BCUT2D eigenvalue weighted by molar-refractivity contribution is 1.31. The van der Waals surface area contributed by atoms with E-state index in [4.69, 9.17) is 0 Å². The first-order chi connectivity index (χ1) is 29.2. The maximum absolute atomic E-state index is 2.48. The lowest BCUT2D eigenvalue weighted by Gasteiger charge is -2.27. The SMILES string of the molecule is c1ccc(-c2ccc3c(c2)sc2ccc(N(c4ccc(-c5ccc6c(ccc7ccccc76)c5)cc4)c4ccc(-c5ccccc5)c5sc6ccccc6c45)cc23)cc1. The van der Waals surface area contributed by atoms with E-state index in [-0.39, 0.29) is 0 Å². The van der Waals surface area contributed by atoms with E-state index < -0.39 is 0 Å². The Morgan fingerprint density at radius 3 is 1.75 bits per heavy atom. The molecule has 0 aliphatic carbocycles. The lowest BCUT2D eigenvalue weighted by Crippen LogP contribution is -2.10.